The molecule has 0 bridgehead atoms. The average molecular weight is 414 g/mol. The summed E-state index contributed by atoms with van der Waals surface area (Å²) in [4.78, 5) is 19.2. The van der Waals surface area contributed by atoms with Gasteiger partial charge in [0.15, 0.2) is 5.75 Å². The third kappa shape index (κ3) is 4.63. The van der Waals surface area contributed by atoms with Gasteiger partial charge in [0.25, 0.3) is 5.91 Å². The number of aromatic nitrogens is 2. The number of piperidine rings is 1. The maximum Gasteiger partial charge on any atom is 0.258 e. The SMILES string of the molecule is COCCOCn1ccnc1C1CCN(C(=O)c2csc(Cl)c2OC)CC1. The lowest BCUT2D eigenvalue weighted by molar-refractivity contribution is 0.0318. The molecule has 1 saturated heterocycles. The zero-order valence-electron chi connectivity index (χ0n) is 15.5. The highest BCUT2D eigenvalue weighted by atomic mass is 35.5. The van der Waals surface area contributed by atoms with Gasteiger partial charge in [-0.15, -0.1) is 11.3 Å². The summed E-state index contributed by atoms with van der Waals surface area (Å²) in [5.74, 6) is 1.76. The molecular formula is C18H24ClN3O4S. The van der Waals surface area contributed by atoms with Crippen molar-refractivity contribution in [2.45, 2.75) is 25.5 Å². The Morgan fingerprint density at radius 1 is 1.33 bits per heavy atom. The van der Waals surface area contributed by atoms with Crippen LogP contribution >= 0.6 is 22.9 Å². The predicted octanol–water partition coefficient (Wildman–Crippen LogP) is 3.25. The summed E-state index contributed by atoms with van der Waals surface area (Å²) >= 11 is 7.41. The van der Waals surface area contributed by atoms with Crippen LogP contribution in [0, 0.1) is 0 Å². The largest absolute Gasteiger partial charge is 0.493 e. The Labute approximate surface area is 167 Å². The fourth-order valence-electron chi connectivity index (χ4n) is 3.27. The van der Waals surface area contributed by atoms with Crippen molar-refractivity contribution in [3.63, 3.8) is 0 Å². The fraction of sp³-hybridized carbons (Fsp3) is 0.556. The fourth-order valence-corrected chi connectivity index (χ4v) is 4.31. The third-order valence-corrected chi connectivity index (χ3v) is 5.88. The van der Waals surface area contributed by atoms with E-state index in [-0.39, 0.29) is 5.91 Å². The van der Waals surface area contributed by atoms with E-state index in [1.165, 1.54) is 18.4 Å². The highest BCUT2D eigenvalue weighted by molar-refractivity contribution is 7.15. The number of thiophene rings is 1. The van der Waals surface area contributed by atoms with Gasteiger partial charge < -0.3 is 23.7 Å². The molecule has 27 heavy (non-hydrogen) atoms. The summed E-state index contributed by atoms with van der Waals surface area (Å²) < 4.78 is 18.4. The van der Waals surface area contributed by atoms with E-state index in [0.717, 1.165) is 18.7 Å². The number of imidazole rings is 1. The summed E-state index contributed by atoms with van der Waals surface area (Å²) in [6.45, 7) is 2.93. The van der Waals surface area contributed by atoms with Gasteiger partial charge in [-0.3, -0.25) is 4.79 Å². The first-order valence-corrected chi connectivity index (χ1v) is 10.1. The zero-order chi connectivity index (χ0) is 19.2. The lowest BCUT2D eigenvalue weighted by Gasteiger charge is -2.32. The second-order valence-corrected chi connectivity index (χ2v) is 7.79. The van der Waals surface area contributed by atoms with E-state index in [1.54, 1.807) is 18.7 Å². The Morgan fingerprint density at radius 3 is 2.81 bits per heavy atom. The number of nitrogens with zero attached hydrogens (tertiary/aromatic N) is 3. The average Bonchev–Trinajstić information content (AvgIpc) is 3.31. The van der Waals surface area contributed by atoms with Crippen LogP contribution in [0.4, 0.5) is 0 Å². The molecule has 0 radical (unpaired) electrons. The van der Waals surface area contributed by atoms with Crippen LogP contribution in [0.2, 0.25) is 4.34 Å². The van der Waals surface area contributed by atoms with E-state index >= 15 is 0 Å². The molecule has 0 atom stereocenters. The van der Waals surface area contributed by atoms with Crippen LogP contribution in [0.5, 0.6) is 5.75 Å². The number of carbonyl (C=O) groups is 1. The van der Waals surface area contributed by atoms with E-state index in [9.17, 15) is 4.79 Å². The van der Waals surface area contributed by atoms with Crippen LogP contribution in [-0.4, -0.2) is 60.9 Å². The lowest BCUT2D eigenvalue weighted by atomic mass is 9.95. The lowest BCUT2D eigenvalue weighted by Crippen LogP contribution is -2.38. The van der Waals surface area contributed by atoms with Crippen molar-refractivity contribution in [1.29, 1.82) is 0 Å². The van der Waals surface area contributed by atoms with E-state index in [0.29, 0.717) is 54.6 Å². The maximum absolute atomic E-state index is 12.8. The monoisotopic (exact) mass is 413 g/mol. The summed E-state index contributed by atoms with van der Waals surface area (Å²) in [5, 5.41) is 1.76. The number of hydrogen-bond acceptors (Lipinski definition) is 6. The Kier molecular flexibility index (Phi) is 7.12. The molecule has 0 saturated carbocycles. The van der Waals surface area contributed by atoms with Crippen molar-refractivity contribution >= 4 is 28.8 Å². The van der Waals surface area contributed by atoms with Crippen molar-refractivity contribution in [2.75, 3.05) is 40.5 Å². The molecule has 9 heteroatoms. The van der Waals surface area contributed by atoms with Gasteiger partial charge in [-0.1, -0.05) is 11.6 Å². The van der Waals surface area contributed by atoms with Gasteiger partial charge in [0.2, 0.25) is 0 Å². The van der Waals surface area contributed by atoms with Crippen LogP contribution in [0.15, 0.2) is 17.8 Å². The van der Waals surface area contributed by atoms with Gasteiger partial charge in [0.05, 0.1) is 25.9 Å². The number of rotatable bonds is 8. The molecule has 3 rings (SSSR count). The van der Waals surface area contributed by atoms with Crippen LogP contribution in [0.1, 0.15) is 34.9 Å². The van der Waals surface area contributed by atoms with Gasteiger partial charge in [0, 0.05) is 43.9 Å². The van der Waals surface area contributed by atoms with Gasteiger partial charge in [-0.05, 0) is 12.8 Å². The van der Waals surface area contributed by atoms with Crippen LogP contribution < -0.4 is 4.74 Å². The third-order valence-electron chi connectivity index (χ3n) is 4.70. The molecule has 3 heterocycles. The first-order chi connectivity index (χ1) is 13.2. The molecule has 1 amide bonds. The topological polar surface area (TPSA) is 65.8 Å². The molecular weight excluding hydrogens is 390 g/mol. The number of ether oxygens (including phenoxy) is 3. The first kappa shape index (κ1) is 20.1. The smallest absolute Gasteiger partial charge is 0.258 e. The Hall–Kier alpha value is -1.61. The number of methoxy groups -OCH3 is 2. The van der Waals surface area contributed by atoms with Gasteiger partial charge in [-0.25, -0.2) is 4.98 Å². The minimum absolute atomic E-state index is 0.0281. The molecule has 0 unspecified atom stereocenters. The standard InChI is InChI=1S/C18H24ClN3O4S/c1-24-9-10-26-12-22-8-5-20-17(22)13-3-6-21(7-4-13)18(23)14-11-27-16(19)15(14)25-2/h5,8,11,13H,3-4,6-7,9-10,12H2,1-2H3. The zero-order valence-corrected chi connectivity index (χ0v) is 17.1. The van der Waals surface area contributed by atoms with Crippen LogP contribution in [0.25, 0.3) is 0 Å². The number of amides is 1. The van der Waals surface area contributed by atoms with E-state index in [2.05, 4.69) is 4.98 Å². The van der Waals surface area contributed by atoms with E-state index in [1.807, 2.05) is 15.7 Å². The molecule has 1 aliphatic heterocycles. The normalized spacial score (nSPS) is 15.3. The van der Waals surface area contributed by atoms with Gasteiger partial charge in [-0.2, -0.15) is 0 Å². The molecule has 0 aliphatic carbocycles. The molecule has 1 fully saturated rings. The summed E-state index contributed by atoms with van der Waals surface area (Å²) in [6.07, 6.45) is 5.45. The molecule has 0 spiro atoms. The first-order valence-electron chi connectivity index (χ1n) is 8.83. The summed E-state index contributed by atoms with van der Waals surface area (Å²) in [6, 6.07) is 0. The molecule has 0 N–H and O–H groups in total. The summed E-state index contributed by atoms with van der Waals surface area (Å²) in [7, 11) is 3.19. The van der Waals surface area contributed by atoms with Crippen LogP contribution in [-0.2, 0) is 16.2 Å². The van der Waals surface area contributed by atoms with E-state index in [4.69, 9.17) is 25.8 Å². The summed E-state index contributed by atoms with van der Waals surface area (Å²) in [5.41, 5.74) is 0.541. The highest BCUT2D eigenvalue weighted by Gasteiger charge is 2.29. The molecule has 7 nitrogen and oxygen atoms in total. The quantitative estimate of drug-likeness (QED) is 0.621. The van der Waals surface area contributed by atoms with Crippen molar-refractivity contribution in [3.8, 4) is 5.75 Å². The number of hydrogen-bond donors (Lipinski definition) is 0. The second-order valence-electron chi connectivity index (χ2n) is 6.31. The highest BCUT2D eigenvalue weighted by Crippen LogP contribution is 2.36. The second kappa shape index (κ2) is 9.54. The Morgan fingerprint density at radius 2 is 2.11 bits per heavy atom. The van der Waals surface area contributed by atoms with Crippen molar-refractivity contribution in [3.05, 3.63) is 33.5 Å². The maximum atomic E-state index is 12.8. The van der Waals surface area contributed by atoms with Gasteiger partial charge in [0.1, 0.15) is 16.9 Å². The van der Waals surface area contributed by atoms with Crippen molar-refractivity contribution in [2.24, 2.45) is 0 Å². The Bertz CT molecular complexity index is 756. The number of carbonyl (C=O) groups excluding carboxylic acids is 1. The molecule has 2 aromatic heterocycles. The Balaban J connectivity index is 1.58. The molecule has 148 valence electrons. The predicted molar refractivity (Wildman–Crippen MR) is 104 cm³/mol. The number of halogens is 1. The van der Waals surface area contributed by atoms with Crippen LogP contribution in [0.3, 0.4) is 0 Å². The number of likely N-dealkylation sites (tertiary alicyclic amines) is 1. The van der Waals surface area contributed by atoms with Gasteiger partial charge >= 0.3 is 0 Å². The molecule has 0 aromatic carbocycles. The van der Waals surface area contributed by atoms with E-state index < -0.39 is 0 Å². The molecule has 2 aromatic rings. The minimum Gasteiger partial charge on any atom is -0.493 e. The van der Waals surface area contributed by atoms with Crippen molar-refractivity contribution < 1.29 is 19.0 Å². The molecule has 1 aliphatic rings. The minimum atomic E-state index is -0.0281. The van der Waals surface area contributed by atoms with Crippen molar-refractivity contribution in [1.82, 2.24) is 14.5 Å².